The number of piperidine rings is 3. The van der Waals surface area contributed by atoms with Crippen molar-refractivity contribution in [1.29, 1.82) is 0 Å². The highest BCUT2D eigenvalue weighted by atomic mass is 35.5. The second kappa shape index (κ2) is 18.1. The van der Waals surface area contributed by atoms with Gasteiger partial charge < -0.3 is 18.9 Å². The van der Waals surface area contributed by atoms with E-state index in [0.717, 1.165) is 44.8 Å². The van der Waals surface area contributed by atoms with Crippen molar-refractivity contribution in [2.45, 2.75) is 61.7 Å². The van der Waals surface area contributed by atoms with E-state index < -0.39 is 40.5 Å². The van der Waals surface area contributed by atoms with Crippen LogP contribution in [0.2, 0.25) is 10.0 Å². The van der Waals surface area contributed by atoms with Crippen LogP contribution in [0, 0.1) is 11.8 Å². The topological polar surface area (TPSA) is 133 Å². The van der Waals surface area contributed by atoms with Gasteiger partial charge >= 0.3 is 18.6 Å². The highest BCUT2D eigenvalue weighted by Gasteiger charge is 2.39. The van der Waals surface area contributed by atoms with Crippen LogP contribution in [0.15, 0.2) is 90.1 Å². The number of esters is 2. The number of pyridine rings is 1. The summed E-state index contributed by atoms with van der Waals surface area (Å²) in [7, 11) is -4.39. The molecule has 4 aliphatic rings. The predicted molar refractivity (Wildman–Crippen MR) is 207 cm³/mol. The maximum atomic E-state index is 13.9. The minimum Gasteiger partial charge on any atom is -0.489 e. The van der Waals surface area contributed by atoms with Gasteiger partial charge in [-0.1, -0.05) is 65.7 Å². The van der Waals surface area contributed by atoms with E-state index in [0.29, 0.717) is 35.8 Å². The molecule has 3 atom stereocenters. The van der Waals surface area contributed by atoms with Gasteiger partial charge in [-0.3, -0.25) is 9.88 Å². The molecule has 3 saturated heterocycles. The van der Waals surface area contributed by atoms with Gasteiger partial charge in [0.15, 0.2) is 11.5 Å². The maximum Gasteiger partial charge on any atom is 0.387 e. The summed E-state index contributed by atoms with van der Waals surface area (Å²) in [6.45, 7) is -0.501. The van der Waals surface area contributed by atoms with Gasteiger partial charge in [0, 0.05) is 24.9 Å². The summed E-state index contributed by atoms with van der Waals surface area (Å²) < 4.78 is 79.1. The lowest BCUT2D eigenvalue weighted by molar-refractivity contribution is -0.161. The fraction of sp³-hybridized carbons (Fsp3) is 0.390. The predicted octanol–water partition coefficient (Wildman–Crippen LogP) is 7.62. The largest absolute Gasteiger partial charge is 0.489 e. The molecule has 1 aliphatic carbocycles. The molecule has 4 heterocycles. The molecule has 57 heavy (non-hydrogen) atoms. The van der Waals surface area contributed by atoms with Crippen molar-refractivity contribution in [3.05, 3.63) is 117 Å². The Hall–Kier alpha value is -4.34. The summed E-state index contributed by atoms with van der Waals surface area (Å²) in [4.78, 5) is 33.2. The summed E-state index contributed by atoms with van der Waals surface area (Å²) in [5.41, 5.74) is 1.40. The Morgan fingerprint density at radius 3 is 2.30 bits per heavy atom. The Morgan fingerprint density at radius 1 is 0.895 bits per heavy atom. The van der Waals surface area contributed by atoms with Gasteiger partial charge in [-0.15, -0.1) is 0 Å². The Bertz CT molecular complexity index is 2150. The molecule has 1 N–H and O–H groups in total. The number of fused-ring (bicyclic) bond motifs is 3. The first-order valence-electron chi connectivity index (χ1n) is 18.7. The van der Waals surface area contributed by atoms with E-state index in [1.54, 1.807) is 42.5 Å². The van der Waals surface area contributed by atoms with Crippen LogP contribution in [0.5, 0.6) is 11.5 Å². The van der Waals surface area contributed by atoms with Crippen molar-refractivity contribution in [3.8, 4) is 11.5 Å². The van der Waals surface area contributed by atoms with Crippen LogP contribution in [-0.4, -0.2) is 75.8 Å². The molecule has 1 aromatic heterocycles. The second-order valence-electron chi connectivity index (χ2n) is 14.5. The Kier molecular flexibility index (Phi) is 12.9. The molecule has 4 fully saturated rings. The number of nitrogens with one attached hydrogen (secondary N) is 1. The van der Waals surface area contributed by atoms with E-state index in [1.165, 1.54) is 36.7 Å². The Morgan fingerprint density at radius 2 is 1.63 bits per heavy atom. The molecule has 1 saturated carbocycles. The first-order valence-corrected chi connectivity index (χ1v) is 20.9. The highest BCUT2D eigenvalue weighted by molar-refractivity contribution is 7.89. The zero-order valence-electron chi connectivity index (χ0n) is 30.7. The van der Waals surface area contributed by atoms with E-state index in [-0.39, 0.29) is 57.1 Å². The normalized spacial score (nSPS) is 20.1. The Labute approximate surface area is 339 Å². The van der Waals surface area contributed by atoms with Crippen molar-refractivity contribution in [3.63, 3.8) is 0 Å². The van der Waals surface area contributed by atoms with E-state index >= 15 is 0 Å². The number of carbonyl (C=O) groups is 2. The number of carbonyl (C=O) groups excluding carboxylic acids is 2. The van der Waals surface area contributed by atoms with Gasteiger partial charge in [0.05, 0.1) is 33.7 Å². The smallest absolute Gasteiger partial charge is 0.387 e. The number of alkyl halides is 2. The van der Waals surface area contributed by atoms with Crippen LogP contribution in [-0.2, 0) is 30.7 Å². The lowest BCUT2D eigenvalue weighted by Crippen LogP contribution is -2.52. The van der Waals surface area contributed by atoms with Gasteiger partial charge in [0.25, 0.3) is 0 Å². The minimum absolute atomic E-state index is 0.0724. The SMILES string of the molecule is O=C(OC[C@@H](Cc1c(Cl)cncc1Cl)c1ccc(OC(F)F)c(OCC2CC2)c1)c1cccc(S(=O)(=O)NC(C(=O)O[C@H]2CN3CCC2CC3)c2ccccc2)c1. The van der Waals surface area contributed by atoms with Gasteiger partial charge in [-0.2, -0.15) is 13.5 Å². The number of benzene rings is 3. The monoisotopic (exact) mass is 843 g/mol. The van der Waals surface area contributed by atoms with Gasteiger partial charge in [0.1, 0.15) is 12.1 Å². The molecule has 0 radical (unpaired) electrons. The number of ether oxygens (including phenoxy) is 4. The number of hydrogen-bond acceptors (Lipinski definition) is 10. The lowest BCUT2D eigenvalue weighted by atomic mass is 9.86. The molecule has 0 spiro atoms. The van der Waals surface area contributed by atoms with E-state index in [9.17, 15) is 26.8 Å². The average molecular weight is 845 g/mol. The lowest BCUT2D eigenvalue weighted by Gasteiger charge is -2.44. The second-order valence-corrected chi connectivity index (χ2v) is 17.1. The van der Waals surface area contributed by atoms with Crippen LogP contribution in [0.3, 0.4) is 0 Å². The minimum atomic E-state index is -4.39. The molecule has 11 nitrogen and oxygen atoms in total. The average Bonchev–Trinajstić information content (AvgIpc) is 4.04. The third-order valence-electron chi connectivity index (χ3n) is 10.5. The number of rotatable bonds is 17. The number of halogens is 4. The quantitative estimate of drug-likeness (QED) is 0.106. The van der Waals surface area contributed by atoms with Crippen molar-refractivity contribution >= 4 is 45.2 Å². The van der Waals surface area contributed by atoms with E-state index in [1.807, 2.05) is 0 Å². The van der Waals surface area contributed by atoms with Gasteiger partial charge in [0.2, 0.25) is 10.0 Å². The van der Waals surface area contributed by atoms with Crippen LogP contribution in [0.1, 0.15) is 64.7 Å². The fourth-order valence-electron chi connectivity index (χ4n) is 7.16. The van der Waals surface area contributed by atoms with Crippen LogP contribution in [0.4, 0.5) is 8.78 Å². The number of aromatic nitrogens is 1. The molecule has 4 aromatic rings. The summed E-state index contributed by atoms with van der Waals surface area (Å²) >= 11 is 12.9. The molecule has 2 bridgehead atoms. The standard InChI is InChI=1S/C41H41Cl2F2N3O8S/c42-33-20-46-21-34(43)32(33)18-30(28-11-12-35(56-41(44)45)36(19-28)53-23-25-9-10-25)24-54-39(49)29-7-4-8-31(17-29)57(51,52)47-38(27-5-2-1-3-6-27)40(50)55-37-22-48-15-13-26(37)14-16-48/h1-8,11-12,17,19-21,25-26,30,37-38,41,47H,9-10,13-16,18,22-24H2/t30-,37+,38?/m1/s1. The summed E-state index contributed by atoms with van der Waals surface area (Å²) in [6.07, 6.45) is 6.43. The Balaban J connectivity index is 1.10. The van der Waals surface area contributed by atoms with Crippen molar-refractivity contribution in [2.75, 3.05) is 32.8 Å². The summed E-state index contributed by atoms with van der Waals surface area (Å²) in [5.74, 6) is -1.68. The van der Waals surface area contributed by atoms with E-state index in [4.69, 9.17) is 42.1 Å². The zero-order valence-corrected chi connectivity index (χ0v) is 33.0. The van der Waals surface area contributed by atoms with Gasteiger partial charge in [-0.25, -0.2) is 18.0 Å². The van der Waals surface area contributed by atoms with Crippen molar-refractivity contribution in [1.82, 2.24) is 14.6 Å². The van der Waals surface area contributed by atoms with Crippen LogP contribution < -0.4 is 14.2 Å². The molecule has 3 aliphatic heterocycles. The maximum absolute atomic E-state index is 13.9. The molecule has 8 rings (SSSR count). The molecule has 1 unspecified atom stereocenters. The highest BCUT2D eigenvalue weighted by Crippen LogP contribution is 2.38. The number of sulfonamides is 1. The zero-order chi connectivity index (χ0) is 40.1. The third-order valence-corrected chi connectivity index (χ3v) is 12.6. The van der Waals surface area contributed by atoms with Crippen LogP contribution >= 0.6 is 23.2 Å². The summed E-state index contributed by atoms with van der Waals surface area (Å²) in [6, 6.07) is 16.9. The molecular formula is C41H41Cl2F2N3O8S. The fourth-order valence-corrected chi connectivity index (χ4v) is 8.90. The third kappa shape index (κ3) is 10.4. The van der Waals surface area contributed by atoms with Gasteiger partial charge in [-0.05, 0) is 104 Å². The molecule has 16 heteroatoms. The van der Waals surface area contributed by atoms with Crippen molar-refractivity contribution < 1.29 is 45.7 Å². The van der Waals surface area contributed by atoms with E-state index in [2.05, 4.69) is 14.6 Å². The van der Waals surface area contributed by atoms with Crippen molar-refractivity contribution in [2.24, 2.45) is 11.8 Å². The number of nitrogens with zero attached hydrogens (tertiary/aromatic N) is 2. The molecule has 3 aromatic carbocycles. The first kappa shape index (κ1) is 40.8. The van der Waals surface area contributed by atoms with Crippen LogP contribution in [0.25, 0.3) is 0 Å². The molecular weight excluding hydrogens is 803 g/mol. The number of hydrogen-bond donors (Lipinski definition) is 1. The molecule has 302 valence electrons. The molecule has 0 amide bonds. The summed E-state index contributed by atoms with van der Waals surface area (Å²) in [5, 5.41) is 0.544. The first-order chi connectivity index (χ1) is 27.4.